The molecule has 1 aliphatic heterocycles. The van der Waals surface area contributed by atoms with Gasteiger partial charge < -0.3 is 5.73 Å². The van der Waals surface area contributed by atoms with Gasteiger partial charge in [-0.15, -0.1) is 0 Å². The SMILES string of the molecule is [B]C(CC)(CC)SC1CC(=O)N(C(CN)C(=O)C(C)(C)C)C1=O. The van der Waals surface area contributed by atoms with Crippen molar-refractivity contribution in [3.63, 3.8) is 0 Å². The lowest BCUT2D eigenvalue weighted by atomic mass is 9.81. The summed E-state index contributed by atoms with van der Waals surface area (Å²) in [5.74, 6) is -0.878. The first-order chi connectivity index (χ1) is 10.5. The Morgan fingerprint density at radius 1 is 1.35 bits per heavy atom. The maximum Gasteiger partial charge on any atom is 0.243 e. The Labute approximate surface area is 144 Å². The third kappa shape index (κ3) is 4.38. The van der Waals surface area contributed by atoms with E-state index < -0.39 is 21.4 Å². The Bertz CT molecular complexity index is 486. The number of nitrogens with zero attached hydrogens (tertiary/aromatic N) is 1. The van der Waals surface area contributed by atoms with Crippen molar-refractivity contribution in [2.45, 2.75) is 69.8 Å². The lowest BCUT2D eigenvalue weighted by Crippen LogP contribution is -2.52. The number of amides is 2. The van der Waals surface area contributed by atoms with E-state index in [9.17, 15) is 14.4 Å². The van der Waals surface area contributed by atoms with Gasteiger partial charge in [-0.25, -0.2) is 0 Å². The second-order valence-corrected chi connectivity index (χ2v) is 8.67. The molecule has 2 radical (unpaired) electrons. The maximum atomic E-state index is 12.7. The van der Waals surface area contributed by atoms with E-state index in [4.69, 9.17) is 13.6 Å². The van der Waals surface area contributed by atoms with Gasteiger partial charge >= 0.3 is 0 Å². The molecule has 5 nitrogen and oxygen atoms in total. The topological polar surface area (TPSA) is 80.5 Å². The molecule has 128 valence electrons. The molecule has 0 spiro atoms. The van der Waals surface area contributed by atoms with Crippen LogP contribution in [0.5, 0.6) is 0 Å². The fourth-order valence-electron chi connectivity index (χ4n) is 2.57. The van der Waals surface area contributed by atoms with Gasteiger partial charge in [0, 0.05) is 18.4 Å². The molecule has 2 unspecified atom stereocenters. The van der Waals surface area contributed by atoms with Crippen molar-refractivity contribution in [2.75, 3.05) is 6.54 Å². The maximum absolute atomic E-state index is 12.7. The number of nitrogens with two attached hydrogens (primary N) is 1. The average molecular weight is 338 g/mol. The van der Waals surface area contributed by atoms with Crippen LogP contribution in [0.15, 0.2) is 0 Å². The summed E-state index contributed by atoms with van der Waals surface area (Å²) in [6.07, 6.45) is 1.48. The fraction of sp³-hybridized carbons (Fsp3) is 0.812. The molecular weight excluding hydrogens is 311 g/mol. The molecule has 2 N–H and O–H groups in total. The highest BCUT2D eigenvalue weighted by molar-refractivity contribution is 8.03. The first kappa shape index (κ1) is 20.2. The summed E-state index contributed by atoms with van der Waals surface area (Å²) in [7, 11) is 6.26. The highest BCUT2D eigenvalue weighted by atomic mass is 32.2. The third-order valence-corrected chi connectivity index (χ3v) is 5.99. The van der Waals surface area contributed by atoms with E-state index >= 15 is 0 Å². The smallest absolute Gasteiger partial charge is 0.243 e. The minimum absolute atomic E-state index is 0.0553. The normalized spacial score (nSPS) is 21.0. The molecule has 1 aliphatic rings. The zero-order valence-corrected chi connectivity index (χ0v) is 15.5. The van der Waals surface area contributed by atoms with Crippen LogP contribution in [0.3, 0.4) is 0 Å². The zero-order valence-electron chi connectivity index (χ0n) is 14.7. The largest absolute Gasteiger partial charge is 0.328 e. The summed E-state index contributed by atoms with van der Waals surface area (Å²) < 4.78 is -0.539. The molecule has 0 aromatic rings. The molecule has 1 heterocycles. The van der Waals surface area contributed by atoms with E-state index in [1.807, 2.05) is 13.8 Å². The van der Waals surface area contributed by atoms with Crippen LogP contribution in [0, 0.1) is 5.41 Å². The summed E-state index contributed by atoms with van der Waals surface area (Å²) in [5, 5.41) is -0.533. The van der Waals surface area contributed by atoms with Crippen LogP contribution in [0.2, 0.25) is 0 Å². The molecule has 0 aromatic heterocycles. The predicted octanol–water partition coefficient (Wildman–Crippen LogP) is 1.47. The van der Waals surface area contributed by atoms with Gasteiger partial charge in [0.1, 0.15) is 6.04 Å². The second-order valence-electron chi connectivity index (χ2n) is 7.05. The van der Waals surface area contributed by atoms with Crippen molar-refractivity contribution in [3.05, 3.63) is 0 Å². The van der Waals surface area contributed by atoms with Gasteiger partial charge in [0.25, 0.3) is 0 Å². The number of carbonyl (C=O) groups is 3. The molecule has 7 heteroatoms. The van der Waals surface area contributed by atoms with Gasteiger partial charge in [0.2, 0.25) is 11.8 Å². The van der Waals surface area contributed by atoms with E-state index in [1.165, 1.54) is 11.8 Å². The van der Waals surface area contributed by atoms with E-state index in [0.717, 1.165) is 4.90 Å². The lowest BCUT2D eigenvalue weighted by molar-refractivity contribution is -0.148. The third-order valence-electron chi connectivity index (χ3n) is 4.29. The Morgan fingerprint density at radius 3 is 2.26 bits per heavy atom. The van der Waals surface area contributed by atoms with Crippen molar-refractivity contribution in [3.8, 4) is 0 Å². The molecule has 1 rings (SSSR count). The van der Waals surface area contributed by atoms with Crippen LogP contribution < -0.4 is 5.73 Å². The molecule has 0 aliphatic carbocycles. The molecule has 0 bridgehead atoms. The van der Waals surface area contributed by atoms with Crippen LogP contribution in [0.25, 0.3) is 0 Å². The first-order valence-corrected chi connectivity index (χ1v) is 8.95. The van der Waals surface area contributed by atoms with E-state index in [0.29, 0.717) is 12.8 Å². The summed E-state index contributed by atoms with van der Waals surface area (Å²) in [5.41, 5.74) is 5.03. The summed E-state index contributed by atoms with van der Waals surface area (Å²) in [4.78, 5) is 38.6. The van der Waals surface area contributed by atoms with Crippen LogP contribution >= 0.6 is 11.8 Å². The highest BCUT2D eigenvalue weighted by Crippen LogP contribution is 2.38. The minimum atomic E-state index is -0.893. The van der Waals surface area contributed by atoms with E-state index in [-0.39, 0.29) is 30.6 Å². The van der Waals surface area contributed by atoms with Crippen molar-refractivity contribution in [1.29, 1.82) is 0 Å². The van der Waals surface area contributed by atoms with Gasteiger partial charge in [0.05, 0.1) is 13.1 Å². The lowest BCUT2D eigenvalue weighted by Gasteiger charge is -2.31. The van der Waals surface area contributed by atoms with Crippen LogP contribution in [-0.4, -0.2) is 52.8 Å². The van der Waals surface area contributed by atoms with Crippen molar-refractivity contribution < 1.29 is 14.4 Å². The molecule has 23 heavy (non-hydrogen) atoms. The van der Waals surface area contributed by atoms with Gasteiger partial charge in [0.15, 0.2) is 5.78 Å². The molecule has 1 saturated heterocycles. The number of carbonyl (C=O) groups excluding carboxylic acids is 3. The number of ketones is 1. The van der Waals surface area contributed by atoms with Crippen LogP contribution in [0.4, 0.5) is 0 Å². The van der Waals surface area contributed by atoms with Gasteiger partial charge in [-0.2, -0.15) is 11.8 Å². The Kier molecular flexibility index (Phi) is 6.50. The molecular formula is C16H27BN2O3S. The van der Waals surface area contributed by atoms with Crippen LogP contribution in [-0.2, 0) is 14.4 Å². The number of thioether (sulfide) groups is 1. The van der Waals surface area contributed by atoms with Crippen LogP contribution in [0.1, 0.15) is 53.9 Å². The molecule has 1 fully saturated rings. The monoisotopic (exact) mass is 338 g/mol. The standard InChI is InChI=1S/C16H27BN2O3S/c1-6-16(17,7-2)23-11-8-12(20)19(14(11)22)10(9-18)13(21)15(3,4)5/h10-11H,6-9,18H2,1-5H3. The molecule has 0 aromatic carbocycles. The summed E-state index contributed by atoms with van der Waals surface area (Å²) in [6, 6.07) is -0.893. The average Bonchev–Trinajstić information content (AvgIpc) is 2.74. The number of rotatable bonds is 7. The Hall–Kier alpha value is -0.815. The van der Waals surface area contributed by atoms with E-state index in [2.05, 4.69) is 0 Å². The predicted molar refractivity (Wildman–Crippen MR) is 94.2 cm³/mol. The summed E-state index contributed by atoms with van der Waals surface area (Å²) in [6.45, 7) is 9.14. The summed E-state index contributed by atoms with van der Waals surface area (Å²) >= 11 is 1.33. The zero-order chi connectivity index (χ0) is 18.0. The Morgan fingerprint density at radius 2 is 1.87 bits per heavy atom. The van der Waals surface area contributed by atoms with Gasteiger partial charge in [-0.05, 0) is 17.5 Å². The molecule has 2 amide bonds. The van der Waals surface area contributed by atoms with E-state index in [1.54, 1.807) is 20.8 Å². The van der Waals surface area contributed by atoms with Gasteiger partial charge in [-0.1, -0.05) is 34.6 Å². The first-order valence-electron chi connectivity index (χ1n) is 8.07. The fourth-order valence-corrected chi connectivity index (χ4v) is 3.91. The number of hydrogen-bond acceptors (Lipinski definition) is 5. The molecule has 0 saturated carbocycles. The highest BCUT2D eigenvalue weighted by Gasteiger charge is 2.47. The van der Waals surface area contributed by atoms with Crippen molar-refractivity contribution >= 4 is 37.2 Å². The number of likely N-dealkylation sites (tertiary alicyclic amines) is 1. The molecule has 2 atom stereocenters. The minimum Gasteiger partial charge on any atom is -0.328 e. The second kappa shape index (κ2) is 7.39. The number of imide groups is 1. The van der Waals surface area contributed by atoms with Crippen molar-refractivity contribution in [1.82, 2.24) is 4.90 Å². The number of hydrogen-bond donors (Lipinski definition) is 1. The van der Waals surface area contributed by atoms with Crippen molar-refractivity contribution in [2.24, 2.45) is 11.1 Å². The Balaban J connectivity index is 3.00. The quantitative estimate of drug-likeness (QED) is 0.562. The number of Topliss-reactive ketones (excluding diaryl/α,β-unsaturated/α-hetero) is 1. The van der Waals surface area contributed by atoms with Gasteiger partial charge in [-0.3, -0.25) is 19.3 Å².